The monoisotopic (exact) mass is 247 g/mol. The molecule has 1 aromatic rings. The van der Waals surface area contributed by atoms with E-state index in [2.05, 4.69) is 6.07 Å². The molecule has 0 aliphatic rings. The Morgan fingerprint density at radius 1 is 1.36 bits per heavy atom. The average molecular weight is 249 g/mol. The van der Waals surface area contributed by atoms with Crippen molar-refractivity contribution < 1.29 is 0 Å². The van der Waals surface area contributed by atoms with Crippen LogP contribution in [0.3, 0.4) is 0 Å². The largest absolute Gasteiger partial charge is 0.198 e. The summed E-state index contributed by atoms with van der Waals surface area (Å²) >= 11 is 17.3. The van der Waals surface area contributed by atoms with E-state index in [4.69, 9.17) is 40.1 Å². The molecule has 0 aliphatic heterocycles. The van der Waals surface area contributed by atoms with Gasteiger partial charge in [0.25, 0.3) is 0 Å². The van der Waals surface area contributed by atoms with Crippen LogP contribution >= 0.6 is 34.8 Å². The Morgan fingerprint density at radius 2 is 2.07 bits per heavy atom. The molecule has 0 aromatic heterocycles. The van der Waals surface area contributed by atoms with Gasteiger partial charge >= 0.3 is 0 Å². The SMILES string of the molecule is N#CC(CCl)Cc1ccc(Cl)cc1Cl. The summed E-state index contributed by atoms with van der Waals surface area (Å²) in [6, 6.07) is 7.36. The van der Waals surface area contributed by atoms with Gasteiger partial charge in [-0.15, -0.1) is 11.6 Å². The molecule has 0 saturated carbocycles. The van der Waals surface area contributed by atoms with E-state index in [9.17, 15) is 0 Å². The van der Waals surface area contributed by atoms with E-state index >= 15 is 0 Å². The number of nitriles is 1. The number of hydrogen-bond acceptors (Lipinski definition) is 1. The summed E-state index contributed by atoms with van der Waals surface area (Å²) in [7, 11) is 0. The lowest BCUT2D eigenvalue weighted by atomic mass is 10.0. The van der Waals surface area contributed by atoms with Crippen LogP contribution in [-0.2, 0) is 6.42 Å². The maximum absolute atomic E-state index is 8.73. The number of halogens is 3. The van der Waals surface area contributed by atoms with Crippen molar-refractivity contribution in [2.45, 2.75) is 6.42 Å². The fourth-order valence-electron chi connectivity index (χ4n) is 1.09. The predicted octanol–water partition coefficient (Wildman–Crippen LogP) is 3.91. The highest BCUT2D eigenvalue weighted by molar-refractivity contribution is 6.35. The Kier molecular flexibility index (Phi) is 4.54. The number of benzene rings is 1. The predicted molar refractivity (Wildman–Crippen MR) is 60.0 cm³/mol. The van der Waals surface area contributed by atoms with E-state index in [0.717, 1.165) is 5.56 Å². The van der Waals surface area contributed by atoms with Crippen molar-refractivity contribution in [1.29, 1.82) is 5.26 Å². The van der Waals surface area contributed by atoms with Crippen molar-refractivity contribution in [2.75, 3.05) is 5.88 Å². The lowest BCUT2D eigenvalue weighted by Crippen LogP contribution is -2.03. The summed E-state index contributed by atoms with van der Waals surface area (Å²) in [5.41, 5.74) is 0.906. The van der Waals surface area contributed by atoms with Crippen molar-refractivity contribution in [2.24, 2.45) is 5.92 Å². The van der Waals surface area contributed by atoms with Gasteiger partial charge in [0.05, 0.1) is 12.0 Å². The van der Waals surface area contributed by atoms with Crippen molar-refractivity contribution >= 4 is 34.8 Å². The van der Waals surface area contributed by atoms with Crippen LogP contribution < -0.4 is 0 Å². The Hall–Kier alpha value is -0.420. The molecule has 1 atom stereocenters. The first-order valence-corrected chi connectivity index (χ1v) is 5.36. The average Bonchev–Trinajstić information content (AvgIpc) is 2.17. The Morgan fingerprint density at radius 3 is 2.57 bits per heavy atom. The van der Waals surface area contributed by atoms with Gasteiger partial charge in [0, 0.05) is 15.9 Å². The highest BCUT2D eigenvalue weighted by atomic mass is 35.5. The lowest BCUT2D eigenvalue weighted by Gasteiger charge is -2.07. The van der Waals surface area contributed by atoms with Crippen LogP contribution in [0, 0.1) is 17.2 Å². The molecule has 0 fully saturated rings. The van der Waals surface area contributed by atoms with Crippen LogP contribution in [0.15, 0.2) is 18.2 Å². The second-order valence-corrected chi connectivity index (χ2v) is 4.07. The normalized spacial score (nSPS) is 12.1. The zero-order valence-electron chi connectivity index (χ0n) is 7.30. The van der Waals surface area contributed by atoms with Gasteiger partial charge in [-0.2, -0.15) is 5.26 Å². The van der Waals surface area contributed by atoms with E-state index in [1.807, 2.05) is 6.07 Å². The molecule has 0 amide bonds. The van der Waals surface area contributed by atoms with E-state index in [0.29, 0.717) is 22.3 Å². The summed E-state index contributed by atoms with van der Waals surface area (Å²) in [5.74, 6) is 0.116. The van der Waals surface area contributed by atoms with Gasteiger partial charge in [-0.25, -0.2) is 0 Å². The molecule has 0 radical (unpaired) electrons. The Bertz CT molecular complexity index is 357. The van der Waals surface area contributed by atoms with Gasteiger partial charge in [-0.1, -0.05) is 29.3 Å². The Balaban J connectivity index is 2.82. The van der Waals surface area contributed by atoms with Crippen molar-refractivity contribution in [1.82, 2.24) is 0 Å². The first-order chi connectivity index (χ1) is 6.67. The maximum atomic E-state index is 8.73. The molecule has 1 nitrogen and oxygen atoms in total. The zero-order valence-corrected chi connectivity index (χ0v) is 9.57. The van der Waals surface area contributed by atoms with Gasteiger partial charge in [0.1, 0.15) is 0 Å². The molecule has 1 rings (SSSR count). The summed E-state index contributed by atoms with van der Waals surface area (Å²) in [5, 5.41) is 9.91. The minimum absolute atomic E-state index is 0.199. The molecule has 0 bridgehead atoms. The van der Waals surface area contributed by atoms with Crippen molar-refractivity contribution in [3.8, 4) is 6.07 Å². The molecule has 74 valence electrons. The summed E-state index contributed by atoms with van der Waals surface area (Å²) in [4.78, 5) is 0. The first kappa shape index (κ1) is 11.7. The molecule has 1 unspecified atom stereocenters. The highest BCUT2D eigenvalue weighted by Gasteiger charge is 2.09. The Labute approximate surface area is 98.2 Å². The zero-order chi connectivity index (χ0) is 10.6. The fourth-order valence-corrected chi connectivity index (χ4v) is 1.75. The minimum Gasteiger partial charge on any atom is -0.198 e. The molecule has 0 aliphatic carbocycles. The number of nitrogens with zero attached hydrogens (tertiary/aromatic N) is 1. The molecule has 14 heavy (non-hydrogen) atoms. The van der Waals surface area contributed by atoms with Gasteiger partial charge in [-0.3, -0.25) is 0 Å². The van der Waals surface area contributed by atoms with Crippen molar-refractivity contribution in [3.63, 3.8) is 0 Å². The van der Waals surface area contributed by atoms with E-state index in [1.54, 1.807) is 12.1 Å². The van der Waals surface area contributed by atoms with Gasteiger partial charge in [-0.05, 0) is 24.1 Å². The second-order valence-electron chi connectivity index (χ2n) is 2.92. The number of alkyl halides is 1. The van der Waals surface area contributed by atoms with Crippen LogP contribution in [0.25, 0.3) is 0 Å². The summed E-state index contributed by atoms with van der Waals surface area (Å²) < 4.78 is 0. The third-order valence-corrected chi connectivity index (χ3v) is 2.81. The molecule has 1 aromatic carbocycles. The quantitative estimate of drug-likeness (QED) is 0.744. The van der Waals surface area contributed by atoms with E-state index < -0.39 is 0 Å². The smallest absolute Gasteiger partial charge is 0.0671 e. The second kappa shape index (κ2) is 5.46. The molecule has 0 heterocycles. The molecule has 4 heteroatoms. The molecule has 0 saturated heterocycles. The summed E-state index contributed by atoms with van der Waals surface area (Å²) in [6.45, 7) is 0. The number of hydrogen-bond donors (Lipinski definition) is 0. The van der Waals surface area contributed by atoms with Crippen LogP contribution in [0.1, 0.15) is 5.56 Å². The highest BCUT2D eigenvalue weighted by Crippen LogP contribution is 2.23. The van der Waals surface area contributed by atoms with Crippen LogP contribution in [-0.4, -0.2) is 5.88 Å². The fraction of sp³-hybridized carbons (Fsp3) is 0.300. The van der Waals surface area contributed by atoms with Gasteiger partial charge in [0.2, 0.25) is 0 Å². The molecular weight excluding hydrogens is 240 g/mol. The third kappa shape index (κ3) is 3.06. The minimum atomic E-state index is -0.199. The van der Waals surface area contributed by atoms with Gasteiger partial charge < -0.3 is 0 Å². The van der Waals surface area contributed by atoms with Crippen LogP contribution in [0.2, 0.25) is 10.0 Å². The third-order valence-electron chi connectivity index (χ3n) is 1.85. The summed E-state index contributed by atoms with van der Waals surface area (Å²) in [6.07, 6.45) is 0.565. The van der Waals surface area contributed by atoms with Crippen LogP contribution in [0.5, 0.6) is 0 Å². The van der Waals surface area contributed by atoms with Crippen molar-refractivity contribution in [3.05, 3.63) is 33.8 Å². The molecule has 0 spiro atoms. The molecule has 0 N–H and O–H groups in total. The van der Waals surface area contributed by atoms with Gasteiger partial charge in [0.15, 0.2) is 0 Å². The van der Waals surface area contributed by atoms with E-state index in [1.165, 1.54) is 0 Å². The lowest BCUT2D eigenvalue weighted by molar-refractivity contribution is 0.746. The maximum Gasteiger partial charge on any atom is 0.0671 e. The number of rotatable bonds is 3. The topological polar surface area (TPSA) is 23.8 Å². The van der Waals surface area contributed by atoms with E-state index in [-0.39, 0.29) is 5.92 Å². The molecular formula is C10H8Cl3N. The standard InChI is InChI=1S/C10H8Cl3N/c11-5-7(6-14)3-8-1-2-9(12)4-10(8)13/h1-2,4,7H,3,5H2. The first-order valence-electron chi connectivity index (χ1n) is 4.07. The van der Waals surface area contributed by atoms with Crippen LogP contribution in [0.4, 0.5) is 0 Å².